The third-order valence-corrected chi connectivity index (χ3v) is 4.51. The van der Waals surface area contributed by atoms with E-state index in [0.29, 0.717) is 35.9 Å². The van der Waals surface area contributed by atoms with Crippen molar-refractivity contribution in [1.82, 2.24) is 5.32 Å². The van der Waals surface area contributed by atoms with E-state index in [2.05, 4.69) is 16.0 Å². The molecule has 0 saturated heterocycles. The van der Waals surface area contributed by atoms with Crippen LogP contribution in [0.4, 0.5) is 11.4 Å². The maximum absolute atomic E-state index is 12.5. The molecule has 3 N–H and O–H groups in total. The summed E-state index contributed by atoms with van der Waals surface area (Å²) in [6.45, 7) is 4.57. The molecular formula is C26H29N3O4. The fourth-order valence-corrected chi connectivity index (χ4v) is 3.02. The topological polar surface area (TPSA) is 88.7 Å². The first-order valence-corrected chi connectivity index (χ1v) is 10.9. The Labute approximate surface area is 194 Å². The number of rotatable bonds is 11. The molecule has 0 aliphatic rings. The van der Waals surface area contributed by atoms with Gasteiger partial charge in [0.2, 0.25) is 5.91 Å². The Morgan fingerprint density at radius 1 is 0.848 bits per heavy atom. The average molecular weight is 448 g/mol. The van der Waals surface area contributed by atoms with Gasteiger partial charge >= 0.3 is 0 Å². The van der Waals surface area contributed by atoms with Gasteiger partial charge in [0.05, 0.1) is 12.2 Å². The van der Waals surface area contributed by atoms with Gasteiger partial charge in [-0.05, 0) is 56.3 Å². The number of hydrogen-bond donors (Lipinski definition) is 3. The summed E-state index contributed by atoms with van der Waals surface area (Å²) in [7, 11) is 0. The first-order valence-electron chi connectivity index (χ1n) is 10.9. The van der Waals surface area contributed by atoms with Gasteiger partial charge in [-0.2, -0.15) is 0 Å². The summed E-state index contributed by atoms with van der Waals surface area (Å²) in [5.74, 6) is 0.957. The molecule has 0 atom stereocenters. The van der Waals surface area contributed by atoms with Crippen molar-refractivity contribution in [3.05, 3.63) is 84.4 Å². The van der Waals surface area contributed by atoms with Crippen molar-refractivity contribution in [2.45, 2.75) is 19.9 Å². The lowest BCUT2D eigenvalue weighted by atomic mass is 10.1. The lowest BCUT2D eigenvalue weighted by Gasteiger charge is -2.14. The minimum absolute atomic E-state index is 0.0424. The summed E-state index contributed by atoms with van der Waals surface area (Å²) in [6.07, 6.45) is 0. The van der Waals surface area contributed by atoms with E-state index in [1.54, 1.807) is 30.3 Å². The molecule has 0 radical (unpaired) electrons. The molecule has 33 heavy (non-hydrogen) atoms. The van der Waals surface area contributed by atoms with Crippen LogP contribution in [0.15, 0.2) is 78.9 Å². The molecular weight excluding hydrogens is 418 g/mol. The normalized spacial score (nSPS) is 10.4. The van der Waals surface area contributed by atoms with E-state index >= 15 is 0 Å². The summed E-state index contributed by atoms with van der Waals surface area (Å²) < 4.78 is 11.4. The van der Waals surface area contributed by atoms with Crippen LogP contribution in [0.3, 0.4) is 0 Å². The van der Waals surface area contributed by atoms with Crippen LogP contribution in [-0.4, -0.2) is 37.6 Å². The summed E-state index contributed by atoms with van der Waals surface area (Å²) in [6, 6.07) is 23.8. The second kappa shape index (κ2) is 12.1. The molecule has 0 fully saturated rings. The van der Waals surface area contributed by atoms with Crippen molar-refractivity contribution in [3.8, 4) is 11.5 Å². The number of anilines is 2. The molecule has 0 bridgehead atoms. The number of nitrogens with one attached hydrogen (secondary N) is 3. The number of amides is 2. The minimum Gasteiger partial charge on any atom is -0.490 e. The maximum atomic E-state index is 12.5. The third-order valence-electron chi connectivity index (χ3n) is 4.51. The molecule has 0 saturated carbocycles. The summed E-state index contributed by atoms with van der Waals surface area (Å²) in [5.41, 5.74) is 1.80. The Morgan fingerprint density at radius 3 is 2.36 bits per heavy atom. The Balaban J connectivity index is 1.49. The Bertz CT molecular complexity index is 1050. The minimum atomic E-state index is -0.233. The SMILES string of the molecule is CC(C)NC(=O)c1cccc(NCC(=O)Nc2ccccc2OCCOc2ccccc2)c1. The van der Waals surface area contributed by atoms with Crippen LogP contribution in [-0.2, 0) is 4.79 Å². The van der Waals surface area contributed by atoms with Gasteiger partial charge in [0, 0.05) is 17.3 Å². The number of carbonyl (C=O) groups is 2. The smallest absolute Gasteiger partial charge is 0.251 e. The predicted molar refractivity (Wildman–Crippen MR) is 130 cm³/mol. The molecule has 3 aromatic carbocycles. The lowest BCUT2D eigenvalue weighted by molar-refractivity contribution is -0.114. The van der Waals surface area contributed by atoms with E-state index in [1.807, 2.05) is 62.4 Å². The molecule has 2 amide bonds. The zero-order valence-electron chi connectivity index (χ0n) is 18.8. The first kappa shape index (κ1) is 23.7. The highest BCUT2D eigenvalue weighted by atomic mass is 16.5. The monoisotopic (exact) mass is 447 g/mol. The summed E-state index contributed by atoms with van der Waals surface area (Å²) in [5, 5.41) is 8.76. The van der Waals surface area contributed by atoms with E-state index in [0.717, 1.165) is 5.75 Å². The predicted octanol–water partition coefficient (Wildman–Crippen LogP) is 4.33. The molecule has 7 nitrogen and oxygen atoms in total. The molecule has 7 heteroatoms. The zero-order chi connectivity index (χ0) is 23.5. The van der Waals surface area contributed by atoms with Crippen molar-refractivity contribution in [1.29, 1.82) is 0 Å². The number of carbonyl (C=O) groups excluding carboxylic acids is 2. The van der Waals surface area contributed by atoms with Crippen LogP contribution in [0.5, 0.6) is 11.5 Å². The van der Waals surface area contributed by atoms with Gasteiger partial charge in [-0.15, -0.1) is 0 Å². The quantitative estimate of drug-likeness (QED) is 0.381. The molecule has 0 aromatic heterocycles. The molecule has 172 valence electrons. The van der Waals surface area contributed by atoms with Gasteiger partial charge in [-0.1, -0.05) is 36.4 Å². The largest absolute Gasteiger partial charge is 0.490 e. The molecule has 0 unspecified atom stereocenters. The van der Waals surface area contributed by atoms with Crippen molar-refractivity contribution in [2.24, 2.45) is 0 Å². The van der Waals surface area contributed by atoms with Crippen molar-refractivity contribution < 1.29 is 19.1 Å². The van der Waals surface area contributed by atoms with Crippen LogP contribution in [0.2, 0.25) is 0 Å². The number of para-hydroxylation sites is 3. The summed E-state index contributed by atoms with van der Waals surface area (Å²) in [4.78, 5) is 24.7. The van der Waals surface area contributed by atoms with Gasteiger partial charge in [0.25, 0.3) is 5.91 Å². The van der Waals surface area contributed by atoms with Crippen molar-refractivity contribution in [2.75, 3.05) is 30.4 Å². The molecule has 3 rings (SSSR count). The highest BCUT2D eigenvalue weighted by Crippen LogP contribution is 2.23. The number of hydrogen-bond acceptors (Lipinski definition) is 5. The molecule has 0 aliphatic heterocycles. The van der Waals surface area contributed by atoms with Gasteiger partial charge in [0.15, 0.2) is 0 Å². The van der Waals surface area contributed by atoms with Gasteiger partial charge < -0.3 is 25.4 Å². The van der Waals surface area contributed by atoms with E-state index in [9.17, 15) is 9.59 Å². The van der Waals surface area contributed by atoms with Crippen molar-refractivity contribution in [3.63, 3.8) is 0 Å². The maximum Gasteiger partial charge on any atom is 0.251 e. The standard InChI is InChI=1S/C26H29N3O4/c1-19(2)28-26(31)20-9-8-10-21(17-20)27-18-25(30)29-23-13-6-7-14-24(23)33-16-15-32-22-11-4-3-5-12-22/h3-14,17,19,27H,15-16,18H2,1-2H3,(H,28,31)(H,29,30). The molecule has 0 aliphatic carbocycles. The molecule has 3 aromatic rings. The third kappa shape index (κ3) is 7.88. The van der Waals surface area contributed by atoms with E-state index < -0.39 is 0 Å². The second-order valence-electron chi connectivity index (χ2n) is 7.62. The van der Waals surface area contributed by atoms with Crippen LogP contribution in [0.1, 0.15) is 24.2 Å². The number of benzene rings is 3. The highest BCUT2D eigenvalue weighted by Gasteiger charge is 2.10. The van der Waals surface area contributed by atoms with Crippen LogP contribution < -0.4 is 25.4 Å². The van der Waals surface area contributed by atoms with Crippen molar-refractivity contribution >= 4 is 23.2 Å². The van der Waals surface area contributed by atoms with E-state index in [1.165, 1.54) is 0 Å². The lowest BCUT2D eigenvalue weighted by Crippen LogP contribution is -2.30. The van der Waals surface area contributed by atoms with Crippen LogP contribution in [0.25, 0.3) is 0 Å². The van der Waals surface area contributed by atoms with E-state index in [4.69, 9.17) is 9.47 Å². The average Bonchev–Trinajstić information content (AvgIpc) is 2.82. The van der Waals surface area contributed by atoms with Gasteiger partial charge in [-0.25, -0.2) is 0 Å². The number of ether oxygens (including phenoxy) is 2. The highest BCUT2D eigenvalue weighted by molar-refractivity contribution is 5.96. The van der Waals surface area contributed by atoms with Gasteiger partial charge in [-0.3, -0.25) is 9.59 Å². The molecule has 0 heterocycles. The Kier molecular flexibility index (Phi) is 8.71. The zero-order valence-corrected chi connectivity index (χ0v) is 18.8. The van der Waals surface area contributed by atoms with Gasteiger partial charge in [0.1, 0.15) is 24.7 Å². The summed E-state index contributed by atoms with van der Waals surface area (Å²) >= 11 is 0. The van der Waals surface area contributed by atoms with Crippen LogP contribution in [0, 0.1) is 0 Å². The van der Waals surface area contributed by atoms with Crippen LogP contribution >= 0.6 is 0 Å². The molecule has 0 spiro atoms. The Morgan fingerprint density at radius 2 is 1.58 bits per heavy atom. The first-order chi connectivity index (χ1) is 16.0. The Hall–Kier alpha value is -4.00. The second-order valence-corrected chi connectivity index (χ2v) is 7.62. The fourth-order valence-electron chi connectivity index (χ4n) is 3.02. The van der Waals surface area contributed by atoms with E-state index in [-0.39, 0.29) is 24.4 Å². The fraction of sp³-hybridized carbons (Fsp3) is 0.231.